The predicted molar refractivity (Wildman–Crippen MR) is 96.9 cm³/mol. The lowest BCUT2D eigenvalue weighted by molar-refractivity contribution is 0.367. The molecule has 0 N–H and O–H groups in total. The van der Waals surface area contributed by atoms with Crippen molar-refractivity contribution in [1.82, 2.24) is 20.2 Å². The highest BCUT2D eigenvalue weighted by Crippen LogP contribution is 2.25. The summed E-state index contributed by atoms with van der Waals surface area (Å²) in [6.07, 6.45) is 2.39. The van der Waals surface area contributed by atoms with E-state index in [0.717, 1.165) is 12.3 Å². The minimum atomic E-state index is -0.299. The van der Waals surface area contributed by atoms with E-state index in [9.17, 15) is 4.39 Å². The summed E-state index contributed by atoms with van der Waals surface area (Å²) in [5, 5.41) is 7.81. The average molecular weight is 350 g/mol. The molecule has 3 atom stereocenters. The topological polar surface area (TPSA) is 64.7 Å². The summed E-state index contributed by atoms with van der Waals surface area (Å²) in [6, 6.07) is 0. The summed E-state index contributed by atoms with van der Waals surface area (Å²) in [7, 11) is 0. The van der Waals surface area contributed by atoms with Gasteiger partial charge in [0, 0.05) is 18.8 Å². The van der Waals surface area contributed by atoms with Crippen LogP contribution >= 0.6 is 0 Å². The molecule has 0 radical (unpaired) electrons. The van der Waals surface area contributed by atoms with E-state index in [0.29, 0.717) is 35.2 Å². The van der Waals surface area contributed by atoms with Gasteiger partial charge in [-0.2, -0.15) is 0 Å². The molecule has 2 aromatic heterocycles. The lowest BCUT2D eigenvalue weighted by atomic mass is 9.94. The minimum Gasteiger partial charge on any atom is -0.425 e. The molecule has 3 unspecified atom stereocenters. The van der Waals surface area contributed by atoms with Crippen LogP contribution in [0.4, 0.5) is 4.39 Å². The van der Waals surface area contributed by atoms with Crippen LogP contribution in [0.15, 0.2) is 10.6 Å². The molecule has 2 aromatic rings. The summed E-state index contributed by atoms with van der Waals surface area (Å²) in [5.41, 5.74) is 0.530. The van der Waals surface area contributed by atoms with Crippen molar-refractivity contribution in [2.45, 2.75) is 73.6 Å². The molecule has 25 heavy (non-hydrogen) atoms. The molecule has 0 saturated carbocycles. The van der Waals surface area contributed by atoms with E-state index >= 15 is 0 Å². The molecule has 0 bridgehead atoms. The molecule has 0 amide bonds. The van der Waals surface area contributed by atoms with Crippen molar-refractivity contribution < 1.29 is 8.81 Å². The zero-order valence-electron chi connectivity index (χ0n) is 16.7. The molecule has 0 fully saturated rings. The van der Waals surface area contributed by atoms with Crippen LogP contribution in [0.1, 0.15) is 83.1 Å². The Balaban J connectivity index is 0.000000251. The highest BCUT2D eigenvalue weighted by Gasteiger charge is 2.18. The molecule has 0 aliphatic rings. The molecular formula is C19H31FN4O. The normalized spacial score (nSPS) is 14.6. The Labute approximate surface area is 150 Å². The van der Waals surface area contributed by atoms with Crippen LogP contribution in [-0.2, 0) is 0 Å². The van der Waals surface area contributed by atoms with Gasteiger partial charge in [0.05, 0.1) is 11.9 Å². The highest BCUT2D eigenvalue weighted by atomic mass is 19.1. The number of halogens is 1. The number of rotatable bonds is 5. The fourth-order valence-electron chi connectivity index (χ4n) is 2.20. The van der Waals surface area contributed by atoms with E-state index in [1.807, 2.05) is 13.8 Å². The molecule has 0 aromatic carbocycles. The van der Waals surface area contributed by atoms with E-state index in [2.05, 4.69) is 54.8 Å². The van der Waals surface area contributed by atoms with Gasteiger partial charge in [-0.3, -0.25) is 0 Å². The summed E-state index contributed by atoms with van der Waals surface area (Å²) in [4.78, 5) is 7.90. The predicted octanol–water partition coefficient (Wildman–Crippen LogP) is 5.21. The van der Waals surface area contributed by atoms with Crippen molar-refractivity contribution in [2.24, 2.45) is 11.8 Å². The van der Waals surface area contributed by atoms with Gasteiger partial charge in [0.15, 0.2) is 5.82 Å². The van der Waals surface area contributed by atoms with Gasteiger partial charge in [-0.15, -0.1) is 10.2 Å². The fourth-order valence-corrected chi connectivity index (χ4v) is 2.20. The molecule has 6 heteroatoms. The molecular weight excluding hydrogens is 319 g/mol. The second-order valence-electron chi connectivity index (χ2n) is 7.02. The van der Waals surface area contributed by atoms with Gasteiger partial charge in [-0.1, -0.05) is 48.0 Å². The maximum absolute atomic E-state index is 13.3. The third kappa shape index (κ3) is 6.18. The summed E-state index contributed by atoms with van der Waals surface area (Å²) >= 11 is 0. The first kappa shape index (κ1) is 21.2. The molecule has 2 rings (SSSR count). The maximum atomic E-state index is 13.3. The zero-order valence-corrected chi connectivity index (χ0v) is 16.7. The van der Waals surface area contributed by atoms with Gasteiger partial charge in [-0.25, -0.2) is 14.4 Å². The Kier molecular flexibility index (Phi) is 8.13. The molecule has 0 aliphatic carbocycles. The van der Waals surface area contributed by atoms with Gasteiger partial charge >= 0.3 is 0 Å². The molecule has 140 valence electrons. The Morgan fingerprint density at radius 3 is 2.16 bits per heavy atom. The van der Waals surface area contributed by atoms with Crippen LogP contribution in [0.25, 0.3) is 0 Å². The molecule has 2 heterocycles. The Morgan fingerprint density at radius 1 is 1.04 bits per heavy atom. The molecule has 0 aliphatic heterocycles. The first-order chi connectivity index (χ1) is 11.7. The molecule has 0 saturated heterocycles. The van der Waals surface area contributed by atoms with Gasteiger partial charge in [-0.05, 0) is 18.8 Å². The largest absolute Gasteiger partial charge is 0.425 e. The zero-order chi connectivity index (χ0) is 19.1. The maximum Gasteiger partial charge on any atom is 0.219 e. The summed E-state index contributed by atoms with van der Waals surface area (Å²) in [5.74, 6) is 3.25. The van der Waals surface area contributed by atoms with E-state index in [1.54, 1.807) is 6.92 Å². The van der Waals surface area contributed by atoms with Gasteiger partial charge in [0.1, 0.15) is 5.82 Å². The van der Waals surface area contributed by atoms with Crippen molar-refractivity contribution in [1.29, 1.82) is 0 Å². The van der Waals surface area contributed by atoms with Gasteiger partial charge in [0.2, 0.25) is 11.8 Å². The van der Waals surface area contributed by atoms with Crippen LogP contribution in [0.5, 0.6) is 0 Å². The van der Waals surface area contributed by atoms with Crippen LogP contribution < -0.4 is 0 Å². The van der Waals surface area contributed by atoms with Gasteiger partial charge in [0.25, 0.3) is 0 Å². The first-order valence-corrected chi connectivity index (χ1v) is 8.96. The second kappa shape index (κ2) is 9.59. The van der Waals surface area contributed by atoms with Crippen molar-refractivity contribution in [2.75, 3.05) is 0 Å². The van der Waals surface area contributed by atoms with Crippen LogP contribution in [0.3, 0.4) is 0 Å². The summed E-state index contributed by atoms with van der Waals surface area (Å²) in [6.45, 7) is 16.2. The van der Waals surface area contributed by atoms with Crippen molar-refractivity contribution >= 4 is 0 Å². The number of aromatic nitrogens is 4. The Bertz CT molecular complexity index is 657. The standard InChI is InChI=1S/C10H15FN2.C9H16N2O/c1-6(2)7(3)10-9(11)5-12-8(4)13-10;1-5-6(2)7(3)9-11-10-8(4)12-9/h5-7H,1-4H3;6-7H,5H2,1-4H3. The van der Waals surface area contributed by atoms with Crippen molar-refractivity contribution in [3.63, 3.8) is 0 Å². The smallest absolute Gasteiger partial charge is 0.219 e. The average Bonchev–Trinajstić information content (AvgIpc) is 3.01. The molecule has 0 spiro atoms. The van der Waals surface area contributed by atoms with E-state index in [-0.39, 0.29) is 11.7 Å². The van der Waals surface area contributed by atoms with Crippen molar-refractivity contribution in [3.8, 4) is 0 Å². The SMILES string of the molecule is CCC(C)C(C)c1nnc(C)o1.Cc1ncc(F)c(C(C)C(C)C)n1. The lowest BCUT2D eigenvalue weighted by Gasteiger charge is -2.15. The quantitative estimate of drug-likeness (QED) is 0.740. The Morgan fingerprint density at radius 2 is 1.68 bits per heavy atom. The van der Waals surface area contributed by atoms with E-state index in [4.69, 9.17) is 4.42 Å². The monoisotopic (exact) mass is 350 g/mol. The highest BCUT2D eigenvalue weighted by molar-refractivity contribution is 5.10. The van der Waals surface area contributed by atoms with E-state index < -0.39 is 0 Å². The van der Waals surface area contributed by atoms with Crippen molar-refractivity contribution in [3.05, 3.63) is 35.3 Å². The van der Waals surface area contributed by atoms with E-state index in [1.165, 1.54) is 6.20 Å². The summed E-state index contributed by atoms with van der Waals surface area (Å²) < 4.78 is 18.6. The number of hydrogen-bond donors (Lipinski definition) is 0. The number of aryl methyl sites for hydroxylation is 2. The lowest BCUT2D eigenvalue weighted by Crippen LogP contribution is -2.09. The number of nitrogens with zero attached hydrogens (tertiary/aromatic N) is 4. The van der Waals surface area contributed by atoms with Crippen LogP contribution in [0, 0.1) is 31.5 Å². The van der Waals surface area contributed by atoms with Crippen LogP contribution in [-0.4, -0.2) is 20.2 Å². The van der Waals surface area contributed by atoms with Crippen LogP contribution in [0.2, 0.25) is 0 Å². The Hall–Kier alpha value is -1.85. The second-order valence-corrected chi connectivity index (χ2v) is 7.02. The minimum absolute atomic E-state index is 0.140. The fraction of sp³-hybridized carbons (Fsp3) is 0.684. The van der Waals surface area contributed by atoms with Gasteiger partial charge < -0.3 is 4.42 Å². The third-order valence-electron chi connectivity index (χ3n) is 4.75. The first-order valence-electron chi connectivity index (χ1n) is 8.96. The third-order valence-corrected chi connectivity index (χ3v) is 4.75. The number of hydrogen-bond acceptors (Lipinski definition) is 5. The molecule has 5 nitrogen and oxygen atoms in total.